The second kappa shape index (κ2) is 10.1. The predicted octanol–water partition coefficient (Wildman–Crippen LogP) is 4.09. The van der Waals surface area contributed by atoms with Crippen LogP contribution in [0, 0.1) is 0 Å². The number of ether oxygens (including phenoxy) is 1. The summed E-state index contributed by atoms with van der Waals surface area (Å²) in [5.74, 6) is 0.349. The molecule has 0 saturated carbocycles. The number of amides is 2. The number of rotatable bonds is 8. The highest BCUT2D eigenvalue weighted by Gasteiger charge is 2.25. The average molecular weight is 479 g/mol. The van der Waals surface area contributed by atoms with Crippen molar-refractivity contribution in [2.24, 2.45) is 0 Å². The van der Waals surface area contributed by atoms with Gasteiger partial charge in [0.05, 0.1) is 11.5 Å². The fraction of sp³-hybridized carbons (Fsp3) is 0.231. The van der Waals surface area contributed by atoms with Crippen molar-refractivity contribution in [3.63, 3.8) is 0 Å². The van der Waals surface area contributed by atoms with Crippen molar-refractivity contribution >= 4 is 33.0 Å². The molecule has 0 saturated heterocycles. The summed E-state index contributed by atoms with van der Waals surface area (Å²) in [7, 11) is -3.24. The van der Waals surface area contributed by atoms with E-state index in [-0.39, 0.29) is 23.1 Å². The molecule has 7 nitrogen and oxygen atoms in total. The molecule has 8 heteroatoms. The Morgan fingerprint density at radius 1 is 0.971 bits per heavy atom. The number of nitrogens with one attached hydrogen (secondary N) is 1. The first kappa shape index (κ1) is 23.5. The summed E-state index contributed by atoms with van der Waals surface area (Å²) in [6, 6.07) is 21.0. The summed E-state index contributed by atoms with van der Waals surface area (Å²) in [6.45, 7) is 0.997. The minimum atomic E-state index is -3.24. The third-order valence-electron chi connectivity index (χ3n) is 5.62. The van der Waals surface area contributed by atoms with Crippen LogP contribution in [-0.2, 0) is 21.1 Å². The lowest BCUT2D eigenvalue weighted by Gasteiger charge is -2.17. The van der Waals surface area contributed by atoms with Crippen LogP contribution in [0.4, 0.5) is 11.4 Å². The van der Waals surface area contributed by atoms with Crippen LogP contribution in [0.5, 0.6) is 5.75 Å². The van der Waals surface area contributed by atoms with Gasteiger partial charge in [-0.25, -0.2) is 8.42 Å². The summed E-state index contributed by atoms with van der Waals surface area (Å²) in [6.07, 6.45) is 2.78. The van der Waals surface area contributed by atoms with E-state index in [1.807, 2.05) is 24.3 Å². The Balaban J connectivity index is 1.23. The summed E-state index contributed by atoms with van der Waals surface area (Å²) >= 11 is 0. The molecule has 3 aromatic carbocycles. The Labute approximate surface area is 199 Å². The number of benzene rings is 3. The van der Waals surface area contributed by atoms with Gasteiger partial charge in [-0.2, -0.15) is 0 Å². The van der Waals surface area contributed by atoms with E-state index in [0.717, 1.165) is 18.4 Å². The Hall–Kier alpha value is -3.65. The second-order valence-corrected chi connectivity index (χ2v) is 10.2. The first-order chi connectivity index (χ1) is 16.3. The molecule has 34 heavy (non-hydrogen) atoms. The van der Waals surface area contributed by atoms with Crippen LogP contribution in [0.2, 0.25) is 0 Å². The van der Waals surface area contributed by atoms with Gasteiger partial charge in [-0.05, 0) is 73.0 Å². The van der Waals surface area contributed by atoms with Crippen LogP contribution >= 0.6 is 0 Å². The first-order valence-corrected chi connectivity index (χ1v) is 12.9. The van der Waals surface area contributed by atoms with E-state index in [1.54, 1.807) is 41.3 Å². The van der Waals surface area contributed by atoms with Crippen LogP contribution in [-0.4, -0.2) is 39.6 Å². The number of sulfone groups is 1. The number of hydrogen-bond acceptors (Lipinski definition) is 5. The third-order valence-corrected chi connectivity index (χ3v) is 6.75. The maximum atomic E-state index is 12.9. The number of carbonyl (C=O) groups excluding carboxylic acids is 2. The zero-order valence-corrected chi connectivity index (χ0v) is 19.7. The molecule has 0 spiro atoms. The SMILES string of the molecule is CS(=O)(=O)c1ccc(OCCCC(=O)Nc2ccc(C(=O)N3CCc4ccccc43)cc2)cc1. The topological polar surface area (TPSA) is 92.8 Å². The first-order valence-electron chi connectivity index (χ1n) is 11.0. The molecule has 0 bridgehead atoms. The number of para-hydroxylation sites is 1. The minimum absolute atomic E-state index is 0.0513. The number of hydrogen-bond donors (Lipinski definition) is 1. The van der Waals surface area contributed by atoms with Gasteiger partial charge in [0.1, 0.15) is 5.75 Å². The lowest BCUT2D eigenvalue weighted by Crippen LogP contribution is -2.28. The van der Waals surface area contributed by atoms with Gasteiger partial charge >= 0.3 is 0 Å². The van der Waals surface area contributed by atoms with Gasteiger partial charge in [0, 0.05) is 36.2 Å². The number of fused-ring (bicyclic) bond motifs is 1. The third kappa shape index (κ3) is 5.63. The summed E-state index contributed by atoms with van der Waals surface area (Å²) < 4.78 is 28.5. The molecule has 1 aliphatic heterocycles. The van der Waals surface area contributed by atoms with Crippen LogP contribution in [0.3, 0.4) is 0 Å². The molecule has 1 heterocycles. The predicted molar refractivity (Wildman–Crippen MR) is 131 cm³/mol. The molecule has 2 amide bonds. The molecule has 176 valence electrons. The number of carbonyl (C=O) groups is 2. The standard InChI is InChI=1S/C26H26N2O5S/c1-34(31,32)23-14-12-22(13-15-23)33-18-4-7-25(29)27-21-10-8-20(9-11-21)26(30)28-17-16-19-5-2-3-6-24(19)28/h2-3,5-6,8-15H,4,7,16-18H2,1H3,(H,27,29). The van der Waals surface area contributed by atoms with Crippen molar-refractivity contribution < 1.29 is 22.7 Å². The quantitative estimate of drug-likeness (QED) is 0.492. The summed E-state index contributed by atoms with van der Waals surface area (Å²) in [5.41, 5.74) is 3.33. The molecule has 0 unspecified atom stereocenters. The van der Waals surface area contributed by atoms with Gasteiger partial charge in [0.15, 0.2) is 9.84 Å². The molecule has 0 aromatic heterocycles. The fourth-order valence-electron chi connectivity index (χ4n) is 3.83. The van der Waals surface area contributed by atoms with Crippen molar-refractivity contribution in [2.45, 2.75) is 24.2 Å². The van der Waals surface area contributed by atoms with Gasteiger partial charge < -0.3 is 15.0 Å². The van der Waals surface area contributed by atoms with E-state index in [1.165, 1.54) is 17.7 Å². The van der Waals surface area contributed by atoms with E-state index in [9.17, 15) is 18.0 Å². The monoisotopic (exact) mass is 478 g/mol. The molecule has 3 aromatic rings. The number of anilines is 2. The molecule has 0 radical (unpaired) electrons. The van der Waals surface area contributed by atoms with E-state index >= 15 is 0 Å². The van der Waals surface area contributed by atoms with E-state index in [2.05, 4.69) is 5.32 Å². The lowest BCUT2D eigenvalue weighted by molar-refractivity contribution is -0.116. The van der Waals surface area contributed by atoms with Crippen LogP contribution in [0.25, 0.3) is 0 Å². The maximum Gasteiger partial charge on any atom is 0.258 e. The Kier molecular flexibility index (Phi) is 6.98. The highest BCUT2D eigenvalue weighted by atomic mass is 32.2. The van der Waals surface area contributed by atoms with Crippen LogP contribution < -0.4 is 15.0 Å². The molecular formula is C26H26N2O5S. The molecule has 0 atom stereocenters. The minimum Gasteiger partial charge on any atom is -0.494 e. The molecule has 4 rings (SSSR count). The summed E-state index contributed by atoms with van der Waals surface area (Å²) in [5, 5.41) is 2.83. The van der Waals surface area contributed by atoms with Crippen molar-refractivity contribution in [1.29, 1.82) is 0 Å². The van der Waals surface area contributed by atoms with E-state index in [4.69, 9.17) is 4.74 Å². The highest BCUT2D eigenvalue weighted by Crippen LogP contribution is 2.29. The molecule has 1 N–H and O–H groups in total. The Bertz CT molecular complexity index is 1290. The normalized spacial score (nSPS) is 12.8. The Morgan fingerprint density at radius 3 is 2.38 bits per heavy atom. The van der Waals surface area contributed by atoms with E-state index < -0.39 is 9.84 Å². The second-order valence-electron chi connectivity index (χ2n) is 8.16. The molecule has 0 fully saturated rings. The van der Waals surface area contributed by atoms with Gasteiger partial charge in [-0.3, -0.25) is 9.59 Å². The van der Waals surface area contributed by atoms with E-state index in [0.29, 0.717) is 36.6 Å². The van der Waals surface area contributed by atoms with Crippen LogP contribution in [0.1, 0.15) is 28.8 Å². The fourth-order valence-corrected chi connectivity index (χ4v) is 4.46. The summed E-state index contributed by atoms with van der Waals surface area (Å²) in [4.78, 5) is 27.2. The van der Waals surface area contributed by atoms with Gasteiger partial charge in [0.2, 0.25) is 5.91 Å². The van der Waals surface area contributed by atoms with Gasteiger partial charge in [0.25, 0.3) is 5.91 Å². The zero-order chi connectivity index (χ0) is 24.1. The van der Waals surface area contributed by atoms with Gasteiger partial charge in [-0.1, -0.05) is 18.2 Å². The highest BCUT2D eigenvalue weighted by molar-refractivity contribution is 7.90. The molecule has 0 aliphatic carbocycles. The average Bonchev–Trinajstić information content (AvgIpc) is 3.26. The smallest absolute Gasteiger partial charge is 0.258 e. The number of nitrogens with zero attached hydrogens (tertiary/aromatic N) is 1. The van der Waals surface area contributed by atoms with Crippen molar-refractivity contribution in [1.82, 2.24) is 0 Å². The van der Waals surface area contributed by atoms with Crippen molar-refractivity contribution in [3.05, 3.63) is 83.9 Å². The maximum absolute atomic E-state index is 12.9. The van der Waals surface area contributed by atoms with Crippen LogP contribution in [0.15, 0.2) is 77.7 Å². The van der Waals surface area contributed by atoms with Crippen molar-refractivity contribution in [2.75, 3.05) is 29.6 Å². The van der Waals surface area contributed by atoms with Crippen molar-refractivity contribution in [3.8, 4) is 5.75 Å². The Morgan fingerprint density at radius 2 is 1.68 bits per heavy atom. The molecular weight excluding hydrogens is 452 g/mol. The zero-order valence-electron chi connectivity index (χ0n) is 18.9. The van der Waals surface area contributed by atoms with Gasteiger partial charge in [-0.15, -0.1) is 0 Å². The lowest BCUT2D eigenvalue weighted by atomic mass is 10.1. The molecule has 1 aliphatic rings. The largest absolute Gasteiger partial charge is 0.494 e.